The highest BCUT2D eigenvalue weighted by molar-refractivity contribution is 7.99. The van der Waals surface area contributed by atoms with E-state index in [-0.39, 0.29) is 11.6 Å². The van der Waals surface area contributed by atoms with Crippen LogP contribution in [0.15, 0.2) is 40.4 Å². The second-order valence-corrected chi connectivity index (χ2v) is 6.40. The molecule has 1 aliphatic heterocycles. The van der Waals surface area contributed by atoms with E-state index in [1.165, 1.54) is 46.3 Å². The fourth-order valence-electron chi connectivity index (χ4n) is 2.64. The lowest BCUT2D eigenvalue weighted by Gasteiger charge is -2.17. The lowest BCUT2D eigenvalue weighted by Crippen LogP contribution is -2.22. The quantitative estimate of drug-likeness (QED) is 0.315. The van der Waals surface area contributed by atoms with E-state index in [0.717, 1.165) is 4.90 Å². The zero-order valence-electron chi connectivity index (χ0n) is 11.6. The number of methoxy groups -OCH3 is 1. The molecule has 116 valence electrons. The molecule has 1 aromatic carbocycles. The van der Waals surface area contributed by atoms with Gasteiger partial charge in [-0.25, -0.2) is 0 Å². The zero-order valence-corrected chi connectivity index (χ0v) is 13.2. The highest BCUT2D eigenvalue weighted by Gasteiger charge is 2.31. The van der Waals surface area contributed by atoms with Crippen LogP contribution in [0.25, 0.3) is 11.3 Å². The molecular formula is C14H8ClN3O4S. The molecule has 0 amide bonds. The Morgan fingerprint density at radius 3 is 2.78 bits per heavy atom. The largest absolute Gasteiger partial charge is 0.839 e. The third kappa shape index (κ3) is 1.95. The van der Waals surface area contributed by atoms with E-state index < -0.39 is 4.92 Å². The number of aromatic nitrogens is 2. The summed E-state index contributed by atoms with van der Waals surface area (Å²) < 4.78 is 8.17. The van der Waals surface area contributed by atoms with E-state index in [4.69, 9.17) is 16.3 Å². The Bertz CT molecular complexity index is 1000. The molecule has 0 bridgehead atoms. The van der Waals surface area contributed by atoms with Crippen LogP contribution in [0.4, 0.5) is 5.69 Å². The summed E-state index contributed by atoms with van der Waals surface area (Å²) in [6.45, 7) is 0. The number of halogens is 1. The number of hydrogen-bond donors (Lipinski definition) is 0. The summed E-state index contributed by atoms with van der Waals surface area (Å²) in [5.41, 5.74) is 1.14. The number of benzene rings is 1. The summed E-state index contributed by atoms with van der Waals surface area (Å²) in [5.74, 6) is 0.199. The Hall–Kier alpha value is -2.45. The molecule has 7 nitrogen and oxygen atoms in total. The number of hydrogen-bond acceptors (Lipinski definition) is 5. The van der Waals surface area contributed by atoms with Crippen molar-refractivity contribution < 1.29 is 19.2 Å². The second kappa shape index (κ2) is 4.77. The Labute approximate surface area is 138 Å². The van der Waals surface area contributed by atoms with Crippen LogP contribution in [0.2, 0.25) is 5.02 Å². The maximum Gasteiger partial charge on any atom is 0.309 e. The van der Waals surface area contributed by atoms with Crippen molar-refractivity contribution in [1.29, 1.82) is 0 Å². The van der Waals surface area contributed by atoms with Crippen LogP contribution in [-0.2, 0) is 0 Å². The van der Waals surface area contributed by atoms with Crippen LogP contribution in [0.3, 0.4) is 0 Å². The molecule has 0 saturated carbocycles. The Morgan fingerprint density at radius 1 is 1.30 bits per heavy atom. The van der Waals surface area contributed by atoms with Crippen molar-refractivity contribution >= 4 is 34.7 Å². The molecule has 0 saturated heterocycles. The molecule has 23 heavy (non-hydrogen) atoms. The summed E-state index contributed by atoms with van der Waals surface area (Å²) in [4.78, 5) is 12.0. The van der Waals surface area contributed by atoms with Crippen molar-refractivity contribution in [3.05, 3.63) is 45.7 Å². The summed E-state index contributed by atoms with van der Waals surface area (Å²) in [5, 5.41) is 23.8. The molecule has 3 aromatic rings. The average molecular weight is 350 g/mol. The van der Waals surface area contributed by atoms with Gasteiger partial charge in [0.05, 0.1) is 22.0 Å². The molecule has 0 fully saturated rings. The van der Waals surface area contributed by atoms with Gasteiger partial charge >= 0.3 is 11.3 Å². The summed E-state index contributed by atoms with van der Waals surface area (Å²) in [7, 11) is 1.50. The first-order valence-electron chi connectivity index (χ1n) is 6.47. The molecule has 0 atom stereocenters. The van der Waals surface area contributed by atoms with E-state index >= 15 is 0 Å². The lowest BCUT2D eigenvalue weighted by molar-refractivity contribution is -0.523. The van der Waals surface area contributed by atoms with Crippen molar-refractivity contribution in [2.45, 2.75) is 9.79 Å². The normalized spacial score (nSPS) is 12.3. The van der Waals surface area contributed by atoms with E-state index in [1.54, 1.807) is 12.1 Å². The molecule has 3 heterocycles. The molecule has 9 heteroatoms. The molecule has 2 aromatic heterocycles. The maximum atomic E-state index is 12.4. The fourth-order valence-corrected chi connectivity index (χ4v) is 4.00. The third-order valence-electron chi connectivity index (χ3n) is 3.60. The number of ether oxygens (including phenoxy) is 1. The molecule has 0 unspecified atom stereocenters. The van der Waals surface area contributed by atoms with Gasteiger partial charge < -0.3 is 9.84 Å². The molecule has 4 rings (SSSR count). The predicted octanol–water partition coefficient (Wildman–Crippen LogP) is 2.32. The monoisotopic (exact) mass is 349 g/mol. The minimum Gasteiger partial charge on any atom is -0.839 e. The molecule has 0 spiro atoms. The van der Waals surface area contributed by atoms with Gasteiger partial charge in [0.15, 0.2) is 6.20 Å². The minimum atomic E-state index is -0.483. The molecule has 0 aliphatic carbocycles. The molecule has 0 radical (unpaired) electrons. The van der Waals surface area contributed by atoms with Crippen molar-refractivity contribution in [2.75, 3.05) is 7.11 Å². The average Bonchev–Trinajstić information content (AvgIpc) is 2.85. The number of nitro groups is 1. The first-order chi connectivity index (χ1) is 11.0. The van der Waals surface area contributed by atoms with Crippen LogP contribution in [0.1, 0.15) is 0 Å². The van der Waals surface area contributed by atoms with Gasteiger partial charge in [0.2, 0.25) is 0 Å². The molecule has 1 aliphatic rings. The summed E-state index contributed by atoms with van der Waals surface area (Å²) in [6.07, 6.45) is 2.65. The summed E-state index contributed by atoms with van der Waals surface area (Å²) in [6, 6.07) is 4.84. The van der Waals surface area contributed by atoms with Gasteiger partial charge in [-0.05, 0) is 6.07 Å². The van der Waals surface area contributed by atoms with Crippen molar-refractivity contribution in [1.82, 2.24) is 4.57 Å². The van der Waals surface area contributed by atoms with Gasteiger partial charge in [-0.2, -0.15) is 8.97 Å². The fraction of sp³-hybridized carbons (Fsp3) is 0.0714. The van der Waals surface area contributed by atoms with Gasteiger partial charge in [-0.15, -0.1) is 0 Å². The van der Waals surface area contributed by atoms with Gasteiger partial charge in [-0.3, -0.25) is 10.1 Å². The number of rotatable bonds is 2. The maximum absolute atomic E-state index is 12.4. The third-order valence-corrected chi connectivity index (χ3v) is 4.96. The first-order valence-corrected chi connectivity index (χ1v) is 7.67. The number of nitrogens with zero attached hydrogens (tertiary/aromatic N) is 3. The van der Waals surface area contributed by atoms with Crippen LogP contribution in [-0.4, -0.2) is 16.6 Å². The van der Waals surface area contributed by atoms with Crippen LogP contribution >= 0.6 is 23.4 Å². The van der Waals surface area contributed by atoms with Gasteiger partial charge in [0.1, 0.15) is 28.4 Å². The topological polar surface area (TPSA) is 84.5 Å². The SMILES string of the molecule is COc1cc2c(cc1Cl)-n1c([O-])c[n+]3cc([N+](=O)[O-])cc(c13)S2. The van der Waals surface area contributed by atoms with Crippen LogP contribution in [0, 0.1) is 10.1 Å². The summed E-state index contributed by atoms with van der Waals surface area (Å²) >= 11 is 7.50. The zero-order chi connectivity index (χ0) is 16.3. The van der Waals surface area contributed by atoms with Gasteiger partial charge in [0, 0.05) is 12.1 Å². The smallest absolute Gasteiger partial charge is 0.309 e. The van der Waals surface area contributed by atoms with Crippen molar-refractivity contribution in [3.63, 3.8) is 0 Å². The lowest BCUT2D eigenvalue weighted by atomic mass is 10.3. The van der Waals surface area contributed by atoms with E-state index in [0.29, 0.717) is 27.0 Å². The first kappa shape index (κ1) is 14.2. The Kier molecular flexibility index (Phi) is 2.94. The van der Waals surface area contributed by atoms with Gasteiger partial charge in [0.25, 0.3) is 0 Å². The second-order valence-electron chi connectivity index (χ2n) is 4.91. The highest BCUT2D eigenvalue weighted by Crippen LogP contribution is 2.45. The van der Waals surface area contributed by atoms with Crippen molar-refractivity contribution in [2.24, 2.45) is 0 Å². The molecular weight excluding hydrogens is 342 g/mol. The highest BCUT2D eigenvalue weighted by atomic mass is 35.5. The number of imidazole rings is 1. The Morgan fingerprint density at radius 2 is 2.09 bits per heavy atom. The van der Waals surface area contributed by atoms with Crippen molar-refractivity contribution in [3.8, 4) is 17.3 Å². The predicted molar refractivity (Wildman–Crippen MR) is 80.7 cm³/mol. The van der Waals surface area contributed by atoms with Gasteiger partial charge in [-0.1, -0.05) is 23.4 Å². The Balaban J connectivity index is 2.08. The van der Waals surface area contributed by atoms with E-state index in [1.807, 2.05) is 0 Å². The number of pyridine rings is 1. The number of fused-ring (bicyclic) bond motifs is 2. The van der Waals surface area contributed by atoms with Crippen LogP contribution in [0.5, 0.6) is 11.6 Å². The van der Waals surface area contributed by atoms with Crippen LogP contribution < -0.4 is 14.2 Å². The molecule has 0 N–H and O–H groups in total. The van der Waals surface area contributed by atoms with E-state index in [2.05, 4.69) is 0 Å². The minimum absolute atomic E-state index is 0.0773. The standard InChI is InChI=1S/C14H8ClN3O4S/c1-22-10-4-11-9(3-8(10)15)17-13(19)6-16-5-7(18(20)21)2-12(23-11)14(16)17/h2-6H,1H3. The van der Waals surface area contributed by atoms with E-state index in [9.17, 15) is 15.2 Å².